The number of carbonyl (C=O) groups excluding carboxylic acids is 1. The van der Waals surface area contributed by atoms with Crippen molar-refractivity contribution in [3.8, 4) is 0 Å². The summed E-state index contributed by atoms with van der Waals surface area (Å²) in [6.45, 7) is 1.30. The number of nitrogens with one attached hydrogen (secondary N) is 1. The minimum absolute atomic E-state index is 0.0245. The van der Waals surface area contributed by atoms with Gasteiger partial charge >= 0.3 is 11.8 Å². The minimum atomic E-state index is -1.53. The first kappa shape index (κ1) is 16.6. The number of nitrogens with zero attached hydrogens (tertiary/aromatic N) is 3. The number of rotatable bonds is 8. The van der Waals surface area contributed by atoms with E-state index in [1.807, 2.05) is 0 Å². The average Bonchev–Trinajstić information content (AvgIpc) is 2.81. The zero-order valence-electron chi connectivity index (χ0n) is 11.4. The molecule has 0 aliphatic rings. The van der Waals surface area contributed by atoms with E-state index < -0.39 is 28.8 Å². The van der Waals surface area contributed by atoms with Gasteiger partial charge in [0.15, 0.2) is 0 Å². The highest BCUT2D eigenvalue weighted by Gasteiger charge is 2.24. The van der Waals surface area contributed by atoms with Crippen LogP contribution >= 0.6 is 0 Å². The van der Waals surface area contributed by atoms with Crippen LogP contribution in [0.2, 0.25) is 0 Å². The van der Waals surface area contributed by atoms with Crippen LogP contribution in [0.3, 0.4) is 0 Å². The molecule has 1 amide bonds. The number of amides is 1. The second-order valence-corrected chi connectivity index (χ2v) is 4.82. The first-order valence-electron chi connectivity index (χ1n) is 6.07. The monoisotopic (exact) mass is 300 g/mol. The van der Waals surface area contributed by atoms with Crippen LogP contribution in [0.4, 0.5) is 5.82 Å². The molecule has 0 radical (unpaired) electrons. The van der Waals surface area contributed by atoms with Crippen LogP contribution in [0, 0.1) is 10.1 Å². The highest BCUT2D eigenvalue weighted by Crippen LogP contribution is 2.08. The van der Waals surface area contributed by atoms with Gasteiger partial charge in [-0.3, -0.25) is 9.59 Å². The second kappa shape index (κ2) is 6.79. The molecule has 1 rings (SSSR count). The third-order valence-electron chi connectivity index (χ3n) is 2.60. The van der Waals surface area contributed by atoms with Crippen LogP contribution in [0.1, 0.15) is 19.8 Å². The average molecular weight is 300 g/mol. The summed E-state index contributed by atoms with van der Waals surface area (Å²) in [5.74, 6) is -1.88. The number of carboxylic acids is 1. The standard InChI is InChI=1S/C11H16N4O6/c1-11(19,4-10(17)18)6-12-9(16)2-3-14-5-8(13-7-14)15(20)21/h5,7,19H,2-4,6H2,1H3,(H,12,16)(H,17,18). The Labute approximate surface area is 119 Å². The fourth-order valence-corrected chi connectivity index (χ4v) is 1.56. The van der Waals surface area contributed by atoms with Gasteiger partial charge in [0.2, 0.25) is 12.2 Å². The van der Waals surface area contributed by atoms with E-state index in [1.165, 1.54) is 24.0 Å². The van der Waals surface area contributed by atoms with Crippen LogP contribution in [0.15, 0.2) is 12.5 Å². The van der Waals surface area contributed by atoms with E-state index in [0.717, 1.165) is 0 Å². The number of aryl methyl sites for hydroxylation is 1. The smallest absolute Gasteiger partial charge is 0.381 e. The number of hydrogen-bond acceptors (Lipinski definition) is 6. The Morgan fingerprint density at radius 2 is 2.24 bits per heavy atom. The largest absolute Gasteiger partial charge is 0.481 e. The summed E-state index contributed by atoms with van der Waals surface area (Å²) >= 11 is 0. The number of hydrogen-bond donors (Lipinski definition) is 3. The molecule has 3 N–H and O–H groups in total. The molecule has 0 saturated carbocycles. The van der Waals surface area contributed by atoms with Crippen molar-refractivity contribution in [3.05, 3.63) is 22.6 Å². The van der Waals surface area contributed by atoms with Crippen LogP contribution in [0.5, 0.6) is 0 Å². The summed E-state index contributed by atoms with van der Waals surface area (Å²) < 4.78 is 1.40. The zero-order chi connectivity index (χ0) is 16.0. The highest BCUT2D eigenvalue weighted by atomic mass is 16.6. The van der Waals surface area contributed by atoms with Gasteiger partial charge in [-0.25, -0.2) is 0 Å². The molecule has 0 bridgehead atoms. The van der Waals surface area contributed by atoms with Crippen molar-refractivity contribution in [2.24, 2.45) is 0 Å². The molecule has 1 aromatic rings. The lowest BCUT2D eigenvalue weighted by atomic mass is 10.0. The first-order valence-corrected chi connectivity index (χ1v) is 6.07. The molecule has 1 aromatic heterocycles. The van der Waals surface area contributed by atoms with Gasteiger partial charge in [0.1, 0.15) is 6.20 Å². The molecule has 0 fully saturated rings. The zero-order valence-corrected chi connectivity index (χ0v) is 11.4. The fourth-order valence-electron chi connectivity index (χ4n) is 1.56. The third-order valence-corrected chi connectivity index (χ3v) is 2.60. The molecule has 1 unspecified atom stereocenters. The van der Waals surface area contributed by atoms with Crippen LogP contribution in [0.25, 0.3) is 0 Å². The Balaban J connectivity index is 2.37. The van der Waals surface area contributed by atoms with Gasteiger partial charge in [-0.1, -0.05) is 0 Å². The molecule has 116 valence electrons. The Bertz CT molecular complexity index is 539. The molecule has 10 nitrogen and oxygen atoms in total. The number of aliphatic hydroxyl groups is 1. The quantitative estimate of drug-likeness (QED) is 0.434. The van der Waals surface area contributed by atoms with Crippen molar-refractivity contribution in [2.45, 2.75) is 31.9 Å². The summed E-state index contributed by atoms with van der Waals surface area (Å²) in [6.07, 6.45) is 1.98. The van der Waals surface area contributed by atoms with Crippen molar-refractivity contribution in [3.63, 3.8) is 0 Å². The number of carboxylic acid groups (broad SMARTS) is 1. The SMILES string of the molecule is CC(O)(CNC(=O)CCn1cnc([N+](=O)[O-])c1)CC(=O)O. The van der Waals surface area contributed by atoms with E-state index in [1.54, 1.807) is 0 Å². The van der Waals surface area contributed by atoms with E-state index in [9.17, 15) is 24.8 Å². The van der Waals surface area contributed by atoms with Crippen molar-refractivity contribution in [1.29, 1.82) is 0 Å². The molecular weight excluding hydrogens is 284 g/mol. The molecule has 0 spiro atoms. The molecule has 0 aromatic carbocycles. The van der Waals surface area contributed by atoms with Crippen molar-refractivity contribution in [1.82, 2.24) is 14.9 Å². The number of carbonyl (C=O) groups is 2. The topological polar surface area (TPSA) is 148 Å². The summed E-state index contributed by atoms with van der Waals surface area (Å²) in [6, 6.07) is 0. The predicted octanol–water partition coefficient (Wildman–Crippen LogP) is -0.477. The summed E-state index contributed by atoms with van der Waals surface area (Å²) in [7, 11) is 0. The van der Waals surface area contributed by atoms with Gasteiger partial charge in [0.25, 0.3) is 0 Å². The molecular formula is C11H16N4O6. The van der Waals surface area contributed by atoms with Gasteiger partial charge in [-0.05, 0) is 16.8 Å². The third kappa shape index (κ3) is 5.99. The van der Waals surface area contributed by atoms with E-state index in [-0.39, 0.29) is 25.3 Å². The van der Waals surface area contributed by atoms with Gasteiger partial charge in [-0.15, -0.1) is 0 Å². The molecule has 21 heavy (non-hydrogen) atoms. The lowest BCUT2D eigenvalue weighted by Gasteiger charge is -2.21. The maximum absolute atomic E-state index is 11.6. The fraction of sp³-hybridized carbons (Fsp3) is 0.545. The Morgan fingerprint density at radius 1 is 1.57 bits per heavy atom. The first-order chi connectivity index (χ1) is 9.69. The molecule has 1 atom stereocenters. The van der Waals surface area contributed by atoms with Crippen molar-refractivity contribution >= 4 is 17.7 Å². The van der Waals surface area contributed by atoms with Gasteiger partial charge in [0.05, 0.1) is 12.0 Å². The minimum Gasteiger partial charge on any atom is -0.481 e. The molecule has 1 heterocycles. The van der Waals surface area contributed by atoms with Gasteiger partial charge in [-0.2, -0.15) is 0 Å². The van der Waals surface area contributed by atoms with Gasteiger partial charge in [0, 0.05) is 19.5 Å². The van der Waals surface area contributed by atoms with E-state index >= 15 is 0 Å². The summed E-state index contributed by atoms with van der Waals surface area (Å²) in [5.41, 5.74) is -1.53. The number of imidazole rings is 1. The number of aromatic nitrogens is 2. The van der Waals surface area contributed by atoms with Crippen molar-refractivity contribution in [2.75, 3.05) is 6.54 Å². The second-order valence-electron chi connectivity index (χ2n) is 4.82. The summed E-state index contributed by atoms with van der Waals surface area (Å²) in [5, 5.41) is 31.1. The van der Waals surface area contributed by atoms with E-state index in [4.69, 9.17) is 5.11 Å². The summed E-state index contributed by atoms with van der Waals surface area (Å²) in [4.78, 5) is 35.4. The predicted molar refractivity (Wildman–Crippen MR) is 69.4 cm³/mol. The van der Waals surface area contributed by atoms with Crippen molar-refractivity contribution < 1.29 is 24.7 Å². The Morgan fingerprint density at radius 3 is 2.76 bits per heavy atom. The van der Waals surface area contributed by atoms with E-state index in [0.29, 0.717) is 0 Å². The number of aliphatic carboxylic acids is 1. The highest BCUT2D eigenvalue weighted by molar-refractivity contribution is 5.76. The molecule has 0 aliphatic heterocycles. The van der Waals surface area contributed by atoms with Crippen LogP contribution in [-0.2, 0) is 16.1 Å². The lowest BCUT2D eigenvalue weighted by Crippen LogP contribution is -2.42. The van der Waals surface area contributed by atoms with Gasteiger partial charge < -0.3 is 30.2 Å². The molecule has 10 heteroatoms. The normalized spacial score (nSPS) is 13.4. The van der Waals surface area contributed by atoms with E-state index in [2.05, 4.69) is 10.3 Å². The maximum Gasteiger partial charge on any atom is 0.381 e. The Kier molecular flexibility index (Phi) is 5.36. The lowest BCUT2D eigenvalue weighted by molar-refractivity contribution is -0.389. The molecule has 0 aliphatic carbocycles. The number of nitro groups is 1. The Hall–Kier alpha value is -2.49. The van der Waals surface area contributed by atoms with Crippen LogP contribution < -0.4 is 5.32 Å². The van der Waals surface area contributed by atoms with Crippen LogP contribution in [-0.4, -0.2) is 48.7 Å². The maximum atomic E-state index is 11.6. The molecule has 0 saturated heterocycles.